The number of halogens is 2. The third-order valence-electron chi connectivity index (χ3n) is 2.66. The first kappa shape index (κ1) is 19.2. The predicted molar refractivity (Wildman–Crippen MR) is 81.2 cm³/mol. The Morgan fingerprint density at radius 3 is 1.42 bits per heavy atom. The predicted octanol–water partition coefficient (Wildman–Crippen LogP) is 4.39. The van der Waals surface area contributed by atoms with Crippen molar-refractivity contribution in [2.24, 2.45) is 0 Å². The van der Waals surface area contributed by atoms with Crippen LogP contribution < -0.4 is 0 Å². The van der Waals surface area contributed by atoms with Gasteiger partial charge in [-0.25, -0.2) is 0 Å². The van der Waals surface area contributed by atoms with Gasteiger partial charge >= 0.3 is 0 Å². The summed E-state index contributed by atoms with van der Waals surface area (Å²) in [6.45, 7) is 0. The molecule has 114 valence electrons. The summed E-state index contributed by atoms with van der Waals surface area (Å²) in [4.78, 5) is 23.2. The highest BCUT2D eigenvalue weighted by Crippen LogP contribution is 2.43. The van der Waals surface area contributed by atoms with Gasteiger partial charge < -0.3 is 0 Å². The smallest absolute Gasteiger partial charge is 0.246 e. The van der Waals surface area contributed by atoms with E-state index in [2.05, 4.69) is 0 Å². The maximum Gasteiger partial charge on any atom is 0.246 e. The van der Waals surface area contributed by atoms with Crippen LogP contribution in [-0.4, -0.2) is 31.1 Å². The van der Waals surface area contributed by atoms with E-state index in [-0.39, 0.29) is 12.8 Å². The Bertz CT molecular complexity index is 259. The lowest BCUT2D eigenvalue weighted by Crippen LogP contribution is -2.20. The van der Waals surface area contributed by atoms with Gasteiger partial charge in [0.15, 0.2) is 0 Å². The summed E-state index contributed by atoms with van der Waals surface area (Å²) < 4.78 is 19.3. The maximum atomic E-state index is 11.6. The second-order valence-electron chi connectivity index (χ2n) is 4.29. The van der Waals surface area contributed by atoms with Crippen LogP contribution in [0.4, 0.5) is 0 Å². The topological polar surface area (TPSA) is 74.6 Å². The molecule has 7 heteroatoms. The Hall–Kier alpha value is 0.190. The van der Waals surface area contributed by atoms with Crippen LogP contribution in [0.5, 0.6) is 0 Å². The molecule has 0 spiro atoms. The van der Waals surface area contributed by atoms with Gasteiger partial charge in [0.05, 0.1) is 0 Å². The zero-order valence-electron chi connectivity index (χ0n) is 10.9. The summed E-state index contributed by atoms with van der Waals surface area (Å²) in [6, 6.07) is 0. The van der Waals surface area contributed by atoms with Gasteiger partial charge in [0.2, 0.25) is 10.2 Å². The monoisotopic (exact) mass is 332 g/mol. The van der Waals surface area contributed by atoms with Crippen LogP contribution in [-0.2, 0) is 9.59 Å². The Morgan fingerprint density at radius 1 is 0.737 bits per heavy atom. The highest BCUT2D eigenvalue weighted by Gasteiger charge is 2.30. The molecule has 2 N–H and O–H groups in total. The molecule has 0 unspecified atom stereocenters. The fourth-order valence-electron chi connectivity index (χ4n) is 1.49. The van der Waals surface area contributed by atoms with Gasteiger partial charge in [0, 0.05) is 24.6 Å². The first-order valence-corrected chi connectivity index (χ1v) is 9.04. The van der Waals surface area contributed by atoms with Gasteiger partial charge in [-0.2, -0.15) is 0 Å². The summed E-state index contributed by atoms with van der Waals surface area (Å²) in [6.07, 6.45) is 4.14. The molecule has 0 amide bonds. The molecule has 0 heterocycles. The van der Waals surface area contributed by atoms with E-state index in [1.807, 2.05) is 0 Å². The van der Waals surface area contributed by atoms with Crippen molar-refractivity contribution in [1.29, 1.82) is 0 Å². The van der Waals surface area contributed by atoms with Crippen LogP contribution >= 0.6 is 33.8 Å². The molecule has 0 aliphatic heterocycles. The van der Waals surface area contributed by atoms with E-state index in [0.717, 1.165) is 25.7 Å². The zero-order chi connectivity index (χ0) is 14.7. The van der Waals surface area contributed by atoms with Gasteiger partial charge in [-0.15, -0.1) is 23.2 Å². The second-order valence-corrected chi connectivity index (χ2v) is 7.06. The lowest BCUT2D eigenvalue weighted by molar-refractivity contribution is -0.115. The molecule has 0 aromatic carbocycles. The molecular formula is C12H22Cl2O4S. The molecule has 0 saturated carbocycles. The van der Waals surface area contributed by atoms with Crippen molar-refractivity contribution in [3.05, 3.63) is 0 Å². The summed E-state index contributed by atoms with van der Waals surface area (Å²) in [5.74, 6) is 1.04. The highest BCUT2D eigenvalue weighted by atomic mass is 35.5. The van der Waals surface area contributed by atoms with Gasteiger partial charge in [0.1, 0.15) is 0 Å². The van der Waals surface area contributed by atoms with E-state index < -0.39 is 20.8 Å². The van der Waals surface area contributed by atoms with E-state index in [0.29, 0.717) is 24.6 Å². The molecule has 0 bridgehead atoms. The average molecular weight is 333 g/mol. The molecule has 0 saturated heterocycles. The van der Waals surface area contributed by atoms with Crippen molar-refractivity contribution in [3.8, 4) is 0 Å². The fourth-order valence-corrected chi connectivity index (χ4v) is 2.98. The Balaban J connectivity index is 4.04. The van der Waals surface area contributed by atoms with Crippen molar-refractivity contribution < 1.29 is 18.7 Å². The van der Waals surface area contributed by atoms with Gasteiger partial charge in [-0.3, -0.25) is 18.7 Å². The molecule has 0 aliphatic rings. The van der Waals surface area contributed by atoms with E-state index >= 15 is 0 Å². The van der Waals surface area contributed by atoms with Crippen LogP contribution in [0.25, 0.3) is 0 Å². The van der Waals surface area contributed by atoms with Crippen LogP contribution in [0, 0.1) is 0 Å². The van der Waals surface area contributed by atoms with Crippen molar-refractivity contribution in [2.75, 3.05) is 11.8 Å². The summed E-state index contributed by atoms with van der Waals surface area (Å²) in [5.41, 5.74) is 0. The minimum absolute atomic E-state index is 0.0205. The molecule has 4 nitrogen and oxygen atoms in total. The molecule has 0 aromatic rings. The van der Waals surface area contributed by atoms with Crippen molar-refractivity contribution in [2.45, 2.75) is 51.4 Å². The largest absolute Gasteiger partial charge is 0.286 e. The molecular weight excluding hydrogens is 311 g/mol. The molecule has 0 aliphatic carbocycles. The number of rotatable bonds is 10. The maximum absolute atomic E-state index is 11.6. The third-order valence-corrected chi connectivity index (χ3v) is 4.88. The average Bonchev–Trinajstić information content (AvgIpc) is 2.39. The summed E-state index contributed by atoms with van der Waals surface area (Å²) in [5, 5.41) is -1.49. The number of unbranched alkanes of at least 4 members (excludes halogenated alkanes) is 4. The molecule has 19 heavy (non-hydrogen) atoms. The number of alkyl halides is 2. The molecule has 0 atom stereocenters. The zero-order valence-corrected chi connectivity index (χ0v) is 13.3. The fraction of sp³-hybridized carbons (Fsp3) is 0.833. The first-order valence-electron chi connectivity index (χ1n) is 6.42. The van der Waals surface area contributed by atoms with E-state index in [9.17, 15) is 18.7 Å². The summed E-state index contributed by atoms with van der Waals surface area (Å²) >= 11 is 11.0. The SMILES string of the molecule is O=C(CCCCCCl)S(O)(O)C(=O)CCCCCCl. The third kappa shape index (κ3) is 8.15. The van der Waals surface area contributed by atoms with Crippen molar-refractivity contribution >= 4 is 44.0 Å². The normalized spacial score (nSPS) is 12.4. The Labute approximate surface area is 126 Å². The molecule has 0 aromatic heterocycles. The lowest BCUT2D eigenvalue weighted by Gasteiger charge is -2.27. The number of hydrogen-bond acceptors (Lipinski definition) is 4. The van der Waals surface area contributed by atoms with Gasteiger partial charge in [-0.05, 0) is 25.7 Å². The Morgan fingerprint density at radius 2 is 1.11 bits per heavy atom. The second kappa shape index (κ2) is 10.9. The number of hydrogen-bond donors (Lipinski definition) is 2. The van der Waals surface area contributed by atoms with Gasteiger partial charge in [0.25, 0.3) is 0 Å². The quantitative estimate of drug-likeness (QED) is 0.459. The summed E-state index contributed by atoms with van der Waals surface area (Å²) in [7, 11) is -3.76. The van der Waals surface area contributed by atoms with Crippen molar-refractivity contribution in [1.82, 2.24) is 0 Å². The van der Waals surface area contributed by atoms with Gasteiger partial charge in [-0.1, -0.05) is 23.4 Å². The molecule has 0 rings (SSSR count). The minimum Gasteiger partial charge on any atom is -0.286 e. The molecule has 0 fully saturated rings. The number of carbonyl (C=O) groups is 2. The van der Waals surface area contributed by atoms with E-state index in [4.69, 9.17) is 23.2 Å². The number of carbonyl (C=O) groups excluding carboxylic acids is 2. The standard InChI is InChI=1S/C12H22Cl2O4S/c13-9-5-1-3-7-11(15)19(17,18)12(16)8-4-2-6-10-14/h17-18H,1-10H2. The van der Waals surface area contributed by atoms with Crippen molar-refractivity contribution in [3.63, 3.8) is 0 Å². The van der Waals surface area contributed by atoms with E-state index in [1.165, 1.54) is 0 Å². The van der Waals surface area contributed by atoms with E-state index in [1.54, 1.807) is 0 Å². The minimum atomic E-state index is -3.76. The highest BCUT2D eigenvalue weighted by molar-refractivity contribution is 8.47. The van der Waals surface area contributed by atoms with Crippen LogP contribution in [0.1, 0.15) is 51.4 Å². The van der Waals surface area contributed by atoms with Crippen LogP contribution in [0.3, 0.4) is 0 Å². The Kier molecular flexibility index (Phi) is 11.0. The van der Waals surface area contributed by atoms with Crippen LogP contribution in [0.15, 0.2) is 0 Å². The first-order chi connectivity index (χ1) is 8.96. The lowest BCUT2D eigenvalue weighted by atomic mass is 10.2. The molecule has 0 radical (unpaired) electrons. The van der Waals surface area contributed by atoms with Crippen LogP contribution in [0.2, 0.25) is 0 Å².